The van der Waals surface area contributed by atoms with Gasteiger partial charge >= 0.3 is 0 Å². The molecule has 0 spiro atoms. The maximum Gasteiger partial charge on any atom is 0.187 e. The summed E-state index contributed by atoms with van der Waals surface area (Å²) in [6, 6.07) is 16.0. The normalized spacial score (nSPS) is 16.1. The lowest BCUT2D eigenvalue weighted by atomic mass is 9.88. The van der Waals surface area contributed by atoms with Crippen LogP contribution in [0.2, 0.25) is 0 Å². The lowest BCUT2D eigenvalue weighted by Crippen LogP contribution is -2.46. The molecule has 5 nitrogen and oxygen atoms in total. The van der Waals surface area contributed by atoms with E-state index < -0.39 is 5.60 Å². The van der Waals surface area contributed by atoms with E-state index in [9.17, 15) is 5.11 Å². The van der Waals surface area contributed by atoms with Gasteiger partial charge in [0.2, 0.25) is 0 Å². The number of rotatable bonds is 9. The molecule has 2 aromatic carbocycles. The van der Waals surface area contributed by atoms with Crippen LogP contribution < -0.4 is 9.64 Å². The lowest BCUT2D eigenvalue weighted by Gasteiger charge is -2.39. The molecular weight excluding hydrogens is 386 g/mol. The molecule has 0 aromatic heterocycles. The Morgan fingerprint density at radius 2 is 1.81 bits per heavy atom. The zero-order valence-corrected chi connectivity index (χ0v) is 19.1. The highest BCUT2D eigenvalue weighted by atomic mass is 16.5. The van der Waals surface area contributed by atoms with E-state index in [-0.39, 0.29) is 6.10 Å². The molecule has 5 heteroatoms. The molecular formula is C26H35N3O2. The van der Waals surface area contributed by atoms with Crippen molar-refractivity contribution in [1.29, 1.82) is 0 Å². The van der Waals surface area contributed by atoms with Crippen molar-refractivity contribution in [3.63, 3.8) is 0 Å². The largest absolute Gasteiger partial charge is 0.489 e. The van der Waals surface area contributed by atoms with Gasteiger partial charge in [-0.25, -0.2) is 4.85 Å². The van der Waals surface area contributed by atoms with E-state index >= 15 is 0 Å². The third-order valence-electron chi connectivity index (χ3n) is 6.12. The van der Waals surface area contributed by atoms with E-state index in [4.69, 9.17) is 11.3 Å². The van der Waals surface area contributed by atoms with E-state index in [0.29, 0.717) is 5.69 Å². The molecule has 0 atom stereocenters. The minimum atomic E-state index is -0.601. The predicted molar refractivity (Wildman–Crippen MR) is 127 cm³/mol. The summed E-state index contributed by atoms with van der Waals surface area (Å²) in [5.41, 5.74) is 2.42. The first-order valence-corrected chi connectivity index (χ1v) is 11.3. The van der Waals surface area contributed by atoms with Crippen molar-refractivity contribution in [2.45, 2.75) is 51.2 Å². The third-order valence-corrected chi connectivity index (χ3v) is 6.12. The van der Waals surface area contributed by atoms with E-state index in [1.165, 1.54) is 5.56 Å². The highest BCUT2D eigenvalue weighted by molar-refractivity contribution is 5.58. The second-order valence-electron chi connectivity index (χ2n) is 8.90. The SMILES string of the molecule is [C-]#[N+]c1ccc(CCN2CCC(O)(CCN(C)c3ccccc3OC(C)C)CC2)cc1. The first-order valence-electron chi connectivity index (χ1n) is 11.3. The molecule has 1 N–H and O–H groups in total. The maximum absolute atomic E-state index is 11.1. The molecule has 1 aliphatic rings. The Hall–Kier alpha value is -2.55. The van der Waals surface area contributed by atoms with Gasteiger partial charge < -0.3 is 19.6 Å². The van der Waals surface area contributed by atoms with Gasteiger partial charge in [-0.1, -0.05) is 36.4 Å². The minimum absolute atomic E-state index is 0.133. The van der Waals surface area contributed by atoms with Crippen molar-refractivity contribution in [3.05, 3.63) is 65.5 Å². The van der Waals surface area contributed by atoms with Gasteiger partial charge in [0, 0.05) is 33.2 Å². The summed E-state index contributed by atoms with van der Waals surface area (Å²) in [5.74, 6) is 0.895. The van der Waals surface area contributed by atoms with Gasteiger partial charge in [-0.3, -0.25) is 0 Å². The van der Waals surface area contributed by atoms with Crippen molar-refractivity contribution in [3.8, 4) is 5.75 Å². The van der Waals surface area contributed by atoms with Crippen LogP contribution in [0.25, 0.3) is 4.85 Å². The monoisotopic (exact) mass is 421 g/mol. The van der Waals surface area contributed by atoms with E-state index in [2.05, 4.69) is 27.8 Å². The number of piperidine rings is 1. The Morgan fingerprint density at radius 3 is 2.45 bits per heavy atom. The van der Waals surface area contributed by atoms with Crippen molar-refractivity contribution >= 4 is 11.4 Å². The first kappa shape index (κ1) is 23.1. The van der Waals surface area contributed by atoms with Crippen LogP contribution in [0.15, 0.2) is 48.5 Å². The van der Waals surface area contributed by atoms with Gasteiger partial charge in [-0.2, -0.15) is 0 Å². The average Bonchev–Trinajstić information content (AvgIpc) is 2.77. The second kappa shape index (κ2) is 10.7. The third kappa shape index (κ3) is 6.72. The van der Waals surface area contributed by atoms with Crippen molar-refractivity contribution < 1.29 is 9.84 Å². The molecule has 3 rings (SSSR count). The lowest BCUT2D eigenvalue weighted by molar-refractivity contribution is -0.0254. The summed E-state index contributed by atoms with van der Waals surface area (Å²) in [6.07, 6.45) is 3.48. The van der Waals surface area contributed by atoms with Gasteiger partial charge in [0.1, 0.15) is 5.75 Å². The molecule has 0 aliphatic carbocycles. The minimum Gasteiger partial charge on any atom is -0.489 e. The zero-order valence-electron chi connectivity index (χ0n) is 19.1. The number of hydrogen-bond acceptors (Lipinski definition) is 4. The number of ether oxygens (including phenoxy) is 1. The molecule has 1 aliphatic heterocycles. The van der Waals surface area contributed by atoms with Crippen LogP contribution in [0.5, 0.6) is 5.75 Å². The van der Waals surface area contributed by atoms with Crippen LogP contribution in [0.3, 0.4) is 0 Å². The zero-order chi connectivity index (χ0) is 22.3. The number of nitrogens with zero attached hydrogens (tertiary/aromatic N) is 3. The summed E-state index contributed by atoms with van der Waals surface area (Å²) >= 11 is 0. The molecule has 2 aromatic rings. The summed E-state index contributed by atoms with van der Waals surface area (Å²) in [7, 11) is 2.07. The molecule has 0 saturated carbocycles. The topological polar surface area (TPSA) is 40.3 Å². The highest BCUT2D eigenvalue weighted by Crippen LogP contribution is 2.31. The number of hydrogen-bond donors (Lipinski definition) is 1. The average molecular weight is 422 g/mol. The van der Waals surface area contributed by atoms with Crippen LogP contribution in [0.1, 0.15) is 38.7 Å². The fourth-order valence-corrected chi connectivity index (χ4v) is 4.09. The Bertz CT molecular complexity index is 865. The Morgan fingerprint density at radius 1 is 1.13 bits per heavy atom. The van der Waals surface area contributed by atoms with Gasteiger partial charge in [-0.05, 0) is 57.2 Å². The Balaban J connectivity index is 1.46. The molecule has 1 fully saturated rings. The standard InChI is InChI=1S/C26H35N3O2/c1-21(2)31-25-8-6-5-7-24(25)28(4)18-14-26(30)15-19-29(20-16-26)17-13-22-9-11-23(27-3)12-10-22/h5-12,21,30H,13-20H2,1-2,4H3. The summed E-state index contributed by atoms with van der Waals surface area (Å²) in [4.78, 5) is 8.07. The molecule has 1 heterocycles. The molecule has 0 amide bonds. The molecule has 31 heavy (non-hydrogen) atoms. The maximum atomic E-state index is 11.1. The fourth-order valence-electron chi connectivity index (χ4n) is 4.09. The number of para-hydroxylation sites is 2. The van der Waals surface area contributed by atoms with Gasteiger partial charge in [0.25, 0.3) is 0 Å². The van der Waals surface area contributed by atoms with Gasteiger partial charge in [0.15, 0.2) is 5.69 Å². The molecule has 0 bridgehead atoms. The Kier molecular flexibility index (Phi) is 7.95. The van der Waals surface area contributed by atoms with E-state index in [1.54, 1.807) is 0 Å². The van der Waals surface area contributed by atoms with Gasteiger partial charge in [0.05, 0.1) is 24.0 Å². The summed E-state index contributed by atoms with van der Waals surface area (Å²) in [5, 5.41) is 11.1. The van der Waals surface area contributed by atoms with Crippen molar-refractivity contribution in [2.75, 3.05) is 38.1 Å². The van der Waals surface area contributed by atoms with Crippen LogP contribution in [-0.2, 0) is 6.42 Å². The molecule has 166 valence electrons. The van der Waals surface area contributed by atoms with Crippen molar-refractivity contribution in [2.24, 2.45) is 0 Å². The van der Waals surface area contributed by atoms with E-state index in [0.717, 1.165) is 63.3 Å². The molecule has 0 unspecified atom stereocenters. The predicted octanol–water partition coefficient (Wildman–Crippen LogP) is 4.92. The van der Waals surface area contributed by atoms with E-state index in [1.807, 2.05) is 56.3 Å². The van der Waals surface area contributed by atoms with Crippen LogP contribution in [-0.4, -0.2) is 54.9 Å². The smallest absolute Gasteiger partial charge is 0.187 e. The van der Waals surface area contributed by atoms with Crippen LogP contribution >= 0.6 is 0 Å². The van der Waals surface area contributed by atoms with Gasteiger partial charge in [-0.15, -0.1) is 0 Å². The fraction of sp³-hybridized carbons (Fsp3) is 0.500. The van der Waals surface area contributed by atoms with Crippen LogP contribution in [0, 0.1) is 6.57 Å². The van der Waals surface area contributed by atoms with Crippen molar-refractivity contribution in [1.82, 2.24) is 4.90 Å². The number of aliphatic hydroxyl groups is 1. The molecule has 1 saturated heterocycles. The number of anilines is 1. The highest BCUT2D eigenvalue weighted by Gasteiger charge is 2.32. The summed E-state index contributed by atoms with van der Waals surface area (Å²) < 4.78 is 5.95. The quantitative estimate of drug-likeness (QED) is 0.584. The number of likely N-dealkylation sites (tertiary alicyclic amines) is 1. The Labute approximate surface area is 187 Å². The summed E-state index contributed by atoms with van der Waals surface area (Å²) in [6.45, 7) is 14.8. The molecule has 0 radical (unpaired) electrons. The second-order valence-corrected chi connectivity index (χ2v) is 8.90. The first-order chi connectivity index (χ1) is 14.9. The van der Waals surface area contributed by atoms with Crippen LogP contribution in [0.4, 0.5) is 11.4 Å². The number of benzene rings is 2.